The van der Waals surface area contributed by atoms with Gasteiger partial charge in [-0.25, -0.2) is 9.38 Å². The Hall–Kier alpha value is -2.68. The van der Waals surface area contributed by atoms with E-state index in [0.29, 0.717) is 4.40 Å². The molecule has 0 unspecified atom stereocenters. The van der Waals surface area contributed by atoms with Gasteiger partial charge in [-0.05, 0) is 17.7 Å². The van der Waals surface area contributed by atoms with Crippen LogP contribution in [0.4, 0.5) is 13.2 Å². The fourth-order valence-electron chi connectivity index (χ4n) is 2.10. The quantitative estimate of drug-likeness (QED) is 0.725. The van der Waals surface area contributed by atoms with E-state index < -0.39 is 17.4 Å². The molecule has 0 bridgehead atoms. The highest BCUT2D eigenvalue weighted by molar-refractivity contribution is 7.15. The number of ether oxygens (including phenoxy) is 1. The van der Waals surface area contributed by atoms with Crippen molar-refractivity contribution in [2.45, 2.75) is 6.18 Å². The van der Waals surface area contributed by atoms with Crippen molar-refractivity contribution >= 4 is 28.4 Å². The molecular weight excluding hydrogens is 343 g/mol. The van der Waals surface area contributed by atoms with Crippen molar-refractivity contribution in [3.05, 3.63) is 57.2 Å². The number of methoxy groups -OCH3 is 1. The van der Waals surface area contributed by atoms with Crippen LogP contribution in [0.3, 0.4) is 0 Å². The minimum Gasteiger partial charge on any atom is -0.490 e. The van der Waals surface area contributed by atoms with Crippen LogP contribution in [0.25, 0.3) is 17.1 Å². The van der Waals surface area contributed by atoms with E-state index in [1.54, 1.807) is 30.6 Å². The van der Waals surface area contributed by atoms with Gasteiger partial charge in [0.2, 0.25) is 5.75 Å². The fraction of sp³-hybridized carbons (Fsp3) is 0.133. The molecule has 0 saturated heterocycles. The zero-order valence-electron chi connectivity index (χ0n) is 12.2. The first-order chi connectivity index (χ1) is 11.4. The summed E-state index contributed by atoms with van der Waals surface area (Å²) in [5.74, 6) is -0.253. The van der Waals surface area contributed by atoms with Gasteiger partial charge >= 0.3 is 11.7 Å². The number of fused-ring (bicyclic) bond motifs is 1. The molecule has 0 aromatic carbocycles. The van der Waals surface area contributed by atoms with Gasteiger partial charge in [-0.2, -0.15) is 13.2 Å². The van der Waals surface area contributed by atoms with Crippen LogP contribution in [0.1, 0.15) is 17.0 Å². The Labute approximate surface area is 137 Å². The number of hydrogen-bond donors (Lipinski definition) is 0. The second-order valence-electron chi connectivity index (χ2n) is 4.69. The Bertz CT molecular complexity index is 962. The lowest BCUT2D eigenvalue weighted by Gasteiger charge is -2.08. The van der Waals surface area contributed by atoms with E-state index in [1.165, 1.54) is 13.2 Å². The number of nitrogens with zero attached hydrogens (tertiary/aromatic N) is 3. The van der Waals surface area contributed by atoms with Gasteiger partial charge in [0.05, 0.1) is 7.11 Å². The first-order valence-electron chi connectivity index (χ1n) is 6.65. The average Bonchev–Trinajstić information content (AvgIpc) is 2.98. The maximum Gasteiger partial charge on any atom is 0.432 e. The summed E-state index contributed by atoms with van der Waals surface area (Å²) in [6.45, 7) is 0. The van der Waals surface area contributed by atoms with Crippen LogP contribution in [0.15, 0.2) is 34.7 Å². The van der Waals surface area contributed by atoms with Gasteiger partial charge in [-0.3, -0.25) is 9.78 Å². The number of thiazole rings is 1. The van der Waals surface area contributed by atoms with E-state index >= 15 is 0 Å². The van der Waals surface area contributed by atoms with Crippen LogP contribution in [0, 0.1) is 0 Å². The Morgan fingerprint density at radius 3 is 2.75 bits per heavy atom. The molecule has 0 aliphatic rings. The molecule has 0 aliphatic carbocycles. The van der Waals surface area contributed by atoms with Crippen LogP contribution < -0.4 is 10.3 Å². The van der Waals surface area contributed by atoms with Crippen molar-refractivity contribution in [3.8, 4) is 5.75 Å². The summed E-state index contributed by atoms with van der Waals surface area (Å²) in [6.07, 6.45) is 1.71. The topological polar surface area (TPSA) is 56.5 Å². The molecule has 0 spiro atoms. The fourth-order valence-corrected chi connectivity index (χ4v) is 3.00. The molecule has 0 fully saturated rings. The second-order valence-corrected chi connectivity index (χ2v) is 5.53. The number of rotatable bonds is 3. The average molecular weight is 353 g/mol. The summed E-state index contributed by atoms with van der Waals surface area (Å²) < 4.78 is 44.5. The lowest BCUT2D eigenvalue weighted by atomic mass is 10.2. The van der Waals surface area contributed by atoms with Gasteiger partial charge in [-0.1, -0.05) is 12.1 Å². The number of aromatic nitrogens is 3. The molecule has 0 radical (unpaired) electrons. The van der Waals surface area contributed by atoms with E-state index in [-0.39, 0.29) is 16.4 Å². The van der Waals surface area contributed by atoms with E-state index in [2.05, 4.69) is 9.97 Å². The first kappa shape index (κ1) is 16.2. The molecule has 0 amide bonds. The van der Waals surface area contributed by atoms with Crippen LogP contribution >= 0.6 is 11.3 Å². The van der Waals surface area contributed by atoms with Crippen molar-refractivity contribution in [2.24, 2.45) is 0 Å². The van der Waals surface area contributed by atoms with Gasteiger partial charge in [0.1, 0.15) is 11.4 Å². The molecule has 3 aromatic rings. The number of pyridine rings is 1. The van der Waals surface area contributed by atoms with Gasteiger partial charge in [-0.15, -0.1) is 11.3 Å². The standard InChI is InChI=1S/C15H10F3N3O2S/c1-23-12-10(5-4-9-3-2-6-19-7-9)20-14-21(13(12)22)11(8-24-14)15(16,17)18/h2-8H,1H3. The molecule has 124 valence electrons. The molecule has 0 atom stereocenters. The highest BCUT2D eigenvalue weighted by Crippen LogP contribution is 2.32. The molecule has 0 N–H and O–H groups in total. The smallest absolute Gasteiger partial charge is 0.432 e. The third kappa shape index (κ3) is 2.90. The van der Waals surface area contributed by atoms with E-state index in [4.69, 9.17) is 4.74 Å². The lowest BCUT2D eigenvalue weighted by Crippen LogP contribution is -2.22. The largest absolute Gasteiger partial charge is 0.490 e. The Morgan fingerprint density at radius 1 is 1.33 bits per heavy atom. The van der Waals surface area contributed by atoms with Gasteiger partial charge in [0.15, 0.2) is 4.96 Å². The van der Waals surface area contributed by atoms with Gasteiger partial charge in [0, 0.05) is 17.8 Å². The highest BCUT2D eigenvalue weighted by Gasteiger charge is 2.36. The summed E-state index contributed by atoms with van der Waals surface area (Å²) in [5.41, 5.74) is -1.06. The van der Waals surface area contributed by atoms with E-state index in [0.717, 1.165) is 22.3 Å². The SMILES string of the molecule is COc1c(C=Cc2cccnc2)nc2scc(C(F)(F)F)n2c1=O. The summed E-state index contributed by atoms with van der Waals surface area (Å²) in [5, 5.41) is 0.859. The number of hydrogen-bond acceptors (Lipinski definition) is 5. The molecule has 0 aliphatic heterocycles. The number of halogens is 3. The monoisotopic (exact) mass is 353 g/mol. The lowest BCUT2D eigenvalue weighted by molar-refractivity contribution is -0.141. The van der Waals surface area contributed by atoms with Crippen molar-refractivity contribution in [1.29, 1.82) is 0 Å². The molecule has 3 aromatic heterocycles. The predicted octanol–water partition coefficient (Wildman–Crippen LogP) is 3.35. The van der Waals surface area contributed by atoms with Gasteiger partial charge in [0.25, 0.3) is 0 Å². The van der Waals surface area contributed by atoms with Crippen molar-refractivity contribution in [2.75, 3.05) is 7.11 Å². The maximum absolute atomic E-state index is 13.0. The maximum atomic E-state index is 13.0. The van der Waals surface area contributed by atoms with Gasteiger partial charge < -0.3 is 4.74 Å². The predicted molar refractivity (Wildman–Crippen MR) is 84.1 cm³/mol. The number of alkyl halides is 3. The van der Waals surface area contributed by atoms with E-state index in [9.17, 15) is 18.0 Å². The first-order valence-corrected chi connectivity index (χ1v) is 7.53. The van der Waals surface area contributed by atoms with Crippen molar-refractivity contribution in [1.82, 2.24) is 14.4 Å². The van der Waals surface area contributed by atoms with E-state index in [1.807, 2.05) is 0 Å². The van der Waals surface area contributed by atoms with Crippen LogP contribution in [0.2, 0.25) is 0 Å². The molecule has 3 heterocycles. The minimum absolute atomic E-state index is 0.0565. The zero-order valence-corrected chi connectivity index (χ0v) is 13.1. The molecule has 9 heteroatoms. The highest BCUT2D eigenvalue weighted by atomic mass is 32.1. The Morgan fingerprint density at radius 2 is 2.12 bits per heavy atom. The molecule has 3 rings (SSSR count). The summed E-state index contributed by atoms with van der Waals surface area (Å²) in [7, 11) is 1.21. The second kappa shape index (κ2) is 6.08. The summed E-state index contributed by atoms with van der Waals surface area (Å²) in [6, 6.07) is 3.52. The normalized spacial score (nSPS) is 12.2. The zero-order chi connectivity index (χ0) is 17.3. The Kier molecular flexibility index (Phi) is 4.10. The molecule has 0 saturated carbocycles. The summed E-state index contributed by atoms with van der Waals surface area (Å²) in [4.78, 5) is 20.4. The van der Waals surface area contributed by atoms with Crippen LogP contribution in [-0.4, -0.2) is 21.5 Å². The van der Waals surface area contributed by atoms with Crippen molar-refractivity contribution in [3.63, 3.8) is 0 Å². The van der Waals surface area contributed by atoms with Crippen LogP contribution in [0.5, 0.6) is 5.75 Å². The van der Waals surface area contributed by atoms with Crippen molar-refractivity contribution < 1.29 is 17.9 Å². The minimum atomic E-state index is -4.65. The van der Waals surface area contributed by atoms with Crippen LogP contribution in [-0.2, 0) is 6.18 Å². The third-order valence-corrected chi connectivity index (χ3v) is 3.99. The Balaban J connectivity index is 2.17. The third-order valence-electron chi connectivity index (χ3n) is 3.17. The molecule has 5 nitrogen and oxygen atoms in total. The molecule has 24 heavy (non-hydrogen) atoms. The summed E-state index contributed by atoms with van der Waals surface area (Å²) >= 11 is 0.740. The molecular formula is C15H10F3N3O2S.